The maximum absolute atomic E-state index is 12.2. The number of nitrogens with zero attached hydrogens (tertiary/aromatic N) is 5. The fraction of sp³-hybridized carbons (Fsp3) is 0.143. The van der Waals surface area contributed by atoms with Crippen molar-refractivity contribution < 1.29 is 4.79 Å². The SMILES string of the molecule is CCn1nccc1C(=O)Nc1ccc(-n2cncn2)cc1. The molecule has 0 spiro atoms. The van der Waals surface area contributed by atoms with Gasteiger partial charge in [0.15, 0.2) is 0 Å². The van der Waals surface area contributed by atoms with Gasteiger partial charge < -0.3 is 5.32 Å². The minimum absolute atomic E-state index is 0.178. The first kappa shape index (κ1) is 13.0. The van der Waals surface area contributed by atoms with Gasteiger partial charge in [-0.25, -0.2) is 9.67 Å². The number of aryl methyl sites for hydroxylation is 1. The minimum atomic E-state index is -0.178. The van der Waals surface area contributed by atoms with Crippen LogP contribution in [0.4, 0.5) is 5.69 Å². The zero-order valence-corrected chi connectivity index (χ0v) is 11.5. The van der Waals surface area contributed by atoms with E-state index in [0.717, 1.165) is 5.69 Å². The number of benzene rings is 1. The van der Waals surface area contributed by atoms with Crippen molar-refractivity contribution in [3.63, 3.8) is 0 Å². The van der Waals surface area contributed by atoms with Crippen LogP contribution in [-0.2, 0) is 6.54 Å². The number of anilines is 1. The summed E-state index contributed by atoms with van der Waals surface area (Å²) < 4.78 is 3.30. The Labute approximate surface area is 121 Å². The summed E-state index contributed by atoms with van der Waals surface area (Å²) in [5.41, 5.74) is 2.13. The maximum atomic E-state index is 12.2. The molecule has 0 fully saturated rings. The predicted octanol–water partition coefficient (Wildman–Crippen LogP) is 1.74. The molecule has 0 unspecified atom stereocenters. The van der Waals surface area contributed by atoms with E-state index in [1.54, 1.807) is 28.0 Å². The molecule has 0 aliphatic carbocycles. The summed E-state index contributed by atoms with van der Waals surface area (Å²) in [6.45, 7) is 2.59. The number of aromatic nitrogens is 5. The van der Waals surface area contributed by atoms with E-state index in [9.17, 15) is 4.79 Å². The van der Waals surface area contributed by atoms with Crippen molar-refractivity contribution in [2.45, 2.75) is 13.5 Å². The molecule has 3 rings (SSSR count). The van der Waals surface area contributed by atoms with Crippen LogP contribution in [0.5, 0.6) is 0 Å². The fourth-order valence-corrected chi connectivity index (χ4v) is 2.01. The van der Waals surface area contributed by atoms with Gasteiger partial charge in [0.05, 0.1) is 5.69 Å². The van der Waals surface area contributed by atoms with E-state index in [1.807, 2.05) is 31.2 Å². The first-order valence-electron chi connectivity index (χ1n) is 6.56. The lowest BCUT2D eigenvalue weighted by atomic mass is 10.2. The summed E-state index contributed by atoms with van der Waals surface area (Å²) in [7, 11) is 0. The van der Waals surface area contributed by atoms with E-state index in [2.05, 4.69) is 20.5 Å². The molecule has 1 amide bonds. The molecule has 2 heterocycles. The van der Waals surface area contributed by atoms with E-state index >= 15 is 0 Å². The topological polar surface area (TPSA) is 77.6 Å². The van der Waals surface area contributed by atoms with Crippen LogP contribution >= 0.6 is 0 Å². The average Bonchev–Trinajstić information content (AvgIpc) is 3.19. The molecule has 0 aliphatic heterocycles. The normalized spacial score (nSPS) is 10.5. The summed E-state index contributed by atoms with van der Waals surface area (Å²) in [6.07, 6.45) is 4.71. The van der Waals surface area contributed by atoms with Crippen molar-refractivity contribution in [2.75, 3.05) is 5.32 Å². The molecule has 7 heteroatoms. The molecule has 21 heavy (non-hydrogen) atoms. The van der Waals surface area contributed by atoms with Crippen molar-refractivity contribution >= 4 is 11.6 Å². The molecule has 0 saturated carbocycles. The highest BCUT2D eigenvalue weighted by molar-refractivity contribution is 6.03. The Balaban J connectivity index is 1.75. The van der Waals surface area contributed by atoms with Gasteiger partial charge in [0, 0.05) is 18.4 Å². The highest BCUT2D eigenvalue weighted by Gasteiger charge is 2.11. The first-order chi connectivity index (χ1) is 10.3. The van der Waals surface area contributed by atoms with Crippen LogP contribution in [0, 0.1) is 0 Å². The van der Waals surface area contributed by atoms with Crippen molar-refractivity contribution in [1.82, 2.24) is 24.5 Å². The van der Waals surface area contributed by atoms with Gasteiger partial charge in [-0.15, -0.1) is 0 Å². The standard InChI is InChI=1S/C14H14N6O/c1-2-19-13(7-8-16-19)14(21)18-11-3-5-12(6-4-11)20-10-15-9-17-20/h3-10H,2H2,1H3,(H,18,21). The summed E-state index contributed by atoms with van der Waals surface area (Å²) in [5, 5.41) is 11.0. The molecule has 3 aromatic rings. The molecule has 0 saturated heterocycles. The Morgan fingerprint density at radius 3 is 2.67 bits per heavy atom. The molecule has 2 aromatic heterocycles. The first-order valence-corrected chi connectivity index (χ1v) is 6.56. The Morgan fingerprint density at radius 1 is 1.19 bits per heavy atom. The second-order valence-corrected chi connectivity index (χ2v) is 4.37. The third-order valence-electron chi connectivity index (χ3n) is 3.06. The van der Waals surface area contributed by atoms with Crippen molar-refractivity contribution in [1.29, 1.82) is 0 Å². The van der Waals surface area contributed by atoms with E-state index in [4.69, 9.17) is 0 Å². The van der Waals surface area contributed by atoms with E-state index < -0.39 is 0 Å². The average molecular weight is 282 g/mol. The molecule has 106 valence electrons. The Morgan fingerprint density at radius 2 is 2.00 bits per heavy atom. The van der Waals surface area contributed by atoms with Gasteiger partial charge in [0.1, 0.15) is 18.3 Å². The lowest BCUT2D eigenvalue weighted by Crippen LogP contribution is -2.17. The number of hydrogen-bond acceptors (Lipinski definition) is 4. The van der Waals surface area contributed by atoms with Gasteiger partial charge in [0.2, 0.25) is 0 Å². The van der Waals surface area contributed by atoms with Crippen LogP contribution in [0.15, 0.2) is 49.2 Å². The maximum Gasteiger partial charge on any atom is 0.273 e. The predicted molar refractivity (Wildman–Crippen MR) is 77.2 cm³/mol. The second-order valence-electron chi connectivity index (χ2n) is 4.37. The van der Waals surface area contributed by atoms with Crippen molar-refractivity contribution in [3.05, 3.63) is 54.9 Å². The Kier molecular flexibility index (Phi) is 3.46. The molecule has 7 nitrogen and oxygen atoms in total. The van der Waals surface area contributed by atoms with E-state index in [0.29, 0.717) is 17.9 Å². The molecule has 0 atom stereocenters. The lowest BCUT2D eigenvalue weighted by molar-refractivity contribution is 0.101. The number of rotatable bonds is 4. The highest BCUT2D eigenvalue weighted by atomic mass is 16.2. The Bertz CT molecular complexity index is 729. The van der Waals surface area contributed by atoms with Crippen molar-refractivity contribution in [2.24, 2.45) is 0 Å². The second kappa shape index (κ2) is 5.58. The third kappa shape index (κ3) is 2.66. The molecular formula is C14H14N6O. The zero-order chi connectivity index (χ0) is 14.7. The molecular weight excluding hydrogens is 268 g/mol. The number of nitrogens with one attached hydrogen (secondary N) is 1. The number of hydrogen-bond donors (Lipinski definition) is 1. The van der Waals surface area contributed by atoms with Crippen LogP contribution in [0.2, 0.25) is 0 Å². The van der Waals surface area contributed by atoms with Crippen LogP contribution < -0.4 is 5.32 Å². The number of amides is 1. The van der Waals surface area contributed by atoms with Gasteiger partial charge in [-0.2, -0.15) is 10.2 Å². The fourth-order valence-electron chi connectivity index (χ4n) is 2.01. The van der Waals surface area contributed by atoms with Gasteiger partial charge >= 0.3 is 0 Å². The van der Waals surface area contributed by atoms with E-state index in [1.165, 1.54) is 6.33 Å². The molecule has 0 radical (unpaired) electrons. The minimum Gasteiger partial charge on any atom is -0.321 e. The monoisotopic (exact) mass is 282 g/mol. The lowest BCUT2D eigenvalue weighted by Gasteiger charge is -2.07. The van der Waals surface area contributed by atoms with Crippen LogP contribution in [0.25, 0.3) is 5.69 Å². The Hall–Kier alpha value is -2.96. The zero-order valence-electron chi connectivity index (χ0n) is 11.5. The van der Waals surface area contributed by atoms with Gasteiger partial charge in [-0.3, -0.25) is 9.48 Å². The molecule has 1 aromatic carbocycles. The summed E-state index contributed by atoms with van der Waals surface area (Å²) in [6, 6.07) is 9.06. The molecule has 0 bridgehead atoms. The summed E-state index contributed by atoms with van der Waals surface area (Å²) in [5.74, 6) is -0.178. The molecule has 0 aliphatic rings. The quantitative estimate of drug-likeness (QED) is 0.790. The van der Waals surface area contributed by atoms with Crippen LogP contribution in [0.1, 0.15) is 17.4 Å². The van der Waals surface area contributed by atoms with Crippen LogP contribution in [0.3, 0.4) is 0 Å². The highest BCUT2D eigenvalue weighted by Crippen LogP contribution is 2.13. The number of carbonyl (C=O) groups is 1. The summed E-state index contributed by atoms with van der Waals surface area (Å²) >= 11 is 0. The number of carbonyl (C=O) groups excluding carboxylic acids is 1. The van der Waals surface area contributed by atoms with Gasteiger partial charge in [-0.05, 0) is 37.3 Å². The molecule has 1 N–H and O–H groups in total. The largest absolute Gasteiger partial charge is 0.321 e. The van der Waals surface area contributed by atoms with E-state index in [-0.39, 0.29) is 5.91 Å². The third-order valence-corrected chi connectivity index (χ3v) is 3.06. The summed E-state index contributed by atoms with van der Waals surface area (Å²) in [4.78, 5) is 16.1. The van der Waals surface area contributed by atoms with Gasteiger partial charge in [-0.1, -0.05) is 0 Å². The smallest absolute Gasteiger partial charge is 0.273 e. The van der Waals surface area contributed by atoms with Crippen molar-refractivity contribution in [3.8, 4) is 5.69 Å². The van der Waals surface area contributed by atoms with Gasteiger partial charge in [0.25, 0.3) is 5.91 Å². The van der Waals surface area contributed by atoms with Crippen LogP contribution in [-0.4, -0.2) is 30.5 Å².